The third kappa shape index (κ3) is 3.25. The molecular formula is C13H18BrN3O2. The first-order chi connectivity index (χ1) is 8.99. The van der Waals surface area contributed by atoms with E-state index in [0.29, 0.717) is 16.6 Å². The van der Waals surface area contributed by atoms with Crippen molar-refractivity contribution < 1.29 is 4.92 Å². The Hall–Kier alpha value is -1.14. The van der Waals surface area contributed by atoms with Crippen molar-refractivity contribution in [3.05, 3.63) is 32.8 Å². The lowest BCUT2D eigenvalue weighted by Crippen LogP contribution is -2.47. The van der Waals surface area contributed by atoms with Gasteiger partial charge in [-0.05, 0) is 48.7 Å². The Morgan fingerprint density at radius 3 is 2.53 bits per heavy atom. The molecule has 1 N–H and O–H groups in total. The first kappa shape index (κ1) is 14.3. The minimum atomic E-state index is -0.388. The van der Waals surface area contributed by atoms with Gasteiger partial charge in [0.25, 0.3) is 5.69 Å². The molecule has 19 heavy (non-hydrogen) atoms. The maximum absolute atomic E-state index is 10.7. The van der Waals surface area contributed by atoms with E-state index in [0.717, 1.165) is 5.69 Å². The lowest BCUT2D eigenvalue weighted by Gasteiger charge is -2.39. The van der Waals surface area contributed by atoms with Crippen molar-refractivity contribution in [2.75, 3.05) is 5.43 Å². The Labute approximate surface area is 121 Å². The summed E-state index contributed by atoms with van der Waals surface area (Å²) in [6, 6.07) is 5.72. The number of hydrazine groups is 1. The molecule has 0 saturated carbocycles. The fourth-order valence-corrected chi connectivity index (χ4v) is 2.94. The molecule has 1 aliphatic heterocycles. The number of hydrogen-bond donors (Lipinski definition) is 1. The molecular weight excluding hydrogens is 310 g/mol. The molecule has 0 bridgehead atoms. The summed E-state index contributed by atoms with van der Waals surface area (Å²) in [6.07, 6.45) is 3.59. The van der Waals surface area contributed by atoms with Gasteiger partial charge in [0.15, 0.2) is 0 Å². The molecule has 5 nitrogen and oxygen atoms in total. The molecule has 6 heteroatoms. The van der Waals surface area contributed by atoms with Crippen molar-refractivity contribution in [2.24, 2.45) is 0 Å². The zero-order chi connectivity index (χ0) is 14.0. The van der Waals surface area contributed by atoms with Crippen LogP contribution < -0.4 is 5.43 Å². The lowest BCUT2D eigenvalue weighted by atomic mass is 10.00. The van der Waals surface area contributed by atoms with Crippen LogP contribution in [-0.2, 0) is 0 Å². The van der Waals surface area contributed by atoms with Crippen LogP contribution >= 0.6 is 15.9 Å². The van der Waals surface area contributed by atoms with Gasteiger partial charge in [-0.1, -0.05) is 6.42 Å². The molecule has 0 aliphatic carbocycles. The SMILES string of the molecule is CC1CCCC(C)N1Nc1ccc([N+](=O)[O-])cc1Br. The number of nitro groups is 1. The first-order valence-corrected chi connectivity index (χ1v) is 7.27. The monoisotopic (exact) mass is 327 g/mol. The van der Waals surface area contributed by atoms with E-state index in [1.54, 1.807) is 6.07 Å². The topological polar surface area (TPSA) is 58.4 Å². The minimum absolute atomic E-state index is 0.0946. The molecule has 1 aromatic carbocycles. The molecule has 0 radical (unpaired) electrons. The van der Waals surface area contributed by atoms with E-state index in [4.69, 9.17) is 0 Å². The van der Waals surface area contributed by atoms with Crippen LogP contribution in [0.25, 0.3) is 0 Å². The van der Waals surface area contributed by atoms with Gasteiger partial charge in [-0.25, -0.2) is 5.01 Å². The molecule has 1 aromatic rings. The molecule has 1 saturated heterocycles. The molecule has 2 unspecified atom stereocenters. The van der Waals surface area contributed by atoms with Crippen LogP contribution in [0.1, 0.15) is 33.1 Å². The van der Waals surface area contributed by atoms with Crippen molar-refractivity contribution in [1.29, 1.82) is 0 Å². The normalized spacial score (nSPS) is 24.2. The third-order valence-electron chi connectivity index (χ3n) is 3.61. The fourth-order valence-electron chi connectivity index (χ4n) is 2.49. The number of nitrogens with zero attached hydrogens (tertiary/aromatic N) is 2. The lowest BCUT2D eigenvalue weighted by molar-refractivity contribution is -0.384. The van der Waals surface area contributed by atoms with E-state index in [1.807, 2.05) is 0 Å². The third-order valence-corrected chi connectivity index (χ3v) is 4.26. The first-order valence-electron chi connectivity index (χ1n) is 6.48. The van der Waals surface area contributed by atoms with Crippen molar-refractivity contribution in [3.63, 3.8) is 0 Å². The smallest absolute Gasteiger partial charge is 0.270 e. The van der Waals surface area contributed by atoms with Crippen LogP contribution in [0.3, 0.4) is 0 Å². The standard InChI is InChI=1S/C13H18BrN3O2/c1-9-4-3-5-10(2)16(9)15-13-7-6-11(17(18)19)8-12(13)14/h6-10,15H,3-5H2,1-2H3. The highest BCUT2D eigenvalue weighted by molar-refractivity contribution is 9.10. The van der Waals surface area contributed by atoms with Crippen LogP contribution in [0.5, 0.6) is 0 Å². The Balaban J connectivity index is 2.16. The van der Waals surface area contributed by atoms with Gasteiger partial charge < -0.3 is 5.43 Å². The summed E-state index contributed by atoms with van der Waals surface area (Å²) in [6.45, 7) is 4.39. The predicted octanol–water partition coefficient (Wildman–Crippen LogP) is 3.95. The molecule has 0 spiro atoms. The number of rotatable bonds is 3. The van der Waals surface area contributed by atoms with Gasteiger partial charge >= 0.3 is 0 Å². The van der Waals surface area contributed by atoms with Gasteiger partial charge in [-0.3, -0.25) is 10.1 Å². The van der Waals surface area contributed by atoms with Crippen molar-refractivity contribution in [3.8, 4) is 0 Å². The number of benzene rings is 1. The van der Waals surface area contributed by atoms with E-state index in [2.05, 4.69) is 40.2 Å². The summed E-state index contributed by atoms with van der Waals surface area (Å²) in [4.78, 5) is 10.3. The molecule has 1 aliphatic rings. The number of hydrogen-bond acceptors (Lipinski definition) is 4. The van der Waals surface area contributed by atoms with Crippen molar-refractivity contribution in [2.45, 2.75) is 45.2 Å². The molecule has 0 amide bonds. The van der Waals surface area contributed by atoms with E-state index < -0.39 is 0 Å². The number of nitro benzene ring substituents is 1. The summed E-state index contributed by atoms with van der Waals surface area (Å²) >= 11 is 3.39. The quantitative estimate of drug-likeness (QED) is 0.674. The summed E-state index contributed by atoms with van der Waals surface area (Å²) in [7, 11) is 0. The minimum Gasteiger partial charge on any atom is -0.317 e. The van der Waals surface area contributed by atoms with E-state index in [9.17, 15) is 10.1 Å². The number of anilines is 1. The number of halogens is 1. The number of nitrogens with one attached hydrogen (secondary N) is 1. The molecule has 1 heterocycles. The average molecular weight is 328 g/mol. The van der Waals surface area contributed by atoms with Gasteiger partial charge in [0, 0.05) is 28.7 Å². The summed E-state index contributed by atoms with van der Waals surface area (Å²) in [5.74, 6) is 0. The van der Waals surface area contributed by atoms with Gasteiger partial charge in [-0.2, -0.15) is 0 Å². The zero-order valence-corrected chi connectivity index (χ0v) is 12.7. The molecule has 2 atom stereocenters. The van der Waals surface area contributed by atoms with Gasteiger partial charge in [-0.15, -0.1) is 0 Å². The highest BCUT2D eigenvalue weighted by Gasteiger charge is 2.25. The highest BCUT2D eigenvalue weighted by atomic mass is 79.9. The largest absolute Gasteiger partial charge is 0.317 e. The van der Waals surface area contributed by atoms with E-state index in [1.165, 1.54) is 31.4 Å². The van der Waals surface area contributed by atoms with E-state index in [-0.39, 0.29) is 10.6 Å². The van der Waals surface area contributed by atoms with Crippen LogP contribution in [0, 0.1) is 10.1 Å². The Kier molecular flexibility index (Phi) is 4.42. The Bertz CT molecular complexity index is 471. The maximum Gasteiger partial charge on any atom is 0.270 e. The summed E-state index contributed by atoms with van der Waals surface area (Å²) in [5, 5.41) is 12.9. The van der Waals surface area contributed by atoms with Crippen LogP contribution in [0.15, 0.2) is 22.7 Å². The van der Waals surface area contributed by atoms with Gasteiger partial charge in [0.05, 0.1) is 10.6 Å². The Morgan fingerprint density at radius 1 is 1.37 bits per heavy atom. The fraction of sp³-hybridized carbons (Fsp3) is 0.538. The maximum atomic E-state index is 10.7. The second-order valence-electron chi connectivity index (χ2n) is 5.07. The molecule has 2 rings (SSSR count). The highest BCUT2D eigenvalue weighted by Crippen LogP contribution is 2.30. The van der Waals surface area contributed by atoms with Gasteiger partial charge in [0.2, 0.25) is 0 Å². The van der Waals surface area contributed by atoms with Crippen LogP contribution in [0.2, 0.25) is 0 Å². The Morgan fingerprint density at radius 2 is 2.00 bits per heavy atom. The summed E-state index contributed by atoms with van der Waals surface area (Å²) < 4.78 is 0.715. The molecule has 104 valence electrons. The van der Waals surface area contributed by atoms with Crippen molar-refractivity contribution >= 4 is 27.3 Å². The van der Waals surface area contributed by atoms with Crippen molar-refractivity contribution in [1.82, 2.24) is 5.01 Å². The second-order valence-corrected chi connectivity index (χ2v) is 5.92. The van der Waals surface area contributed by atoms with E-state index >= 15 is 0 Å². The van der Waals surface area contributed by atoms with Gasteiger partial charge in [0.1, 0.15) is 0 Å². The molecule has 0 aromatic heterocycles. The number of non-ortho nitro benzene ring substituents is 1. The number of piperidine rings is 1. The zero-order valence-electron chi connectivity index (χ0n) is 11.1. The molecule has 1 fully saturated rings. The summed E-state index contributed by atoms with van der Waals surface area (Å²) in [5.41, 5.74) is 4.34. The van der Waals surface area contributed by atoms with Crippen LogP contribution in [0.4, 0.5) is 11.4 Å². The predicted molar refractivity (Wildman–Crippen MR) is 79.0 cm³/mol. The van der Waals surface area contributed by atoms with Crippen LogP contribution in [-0.4, -0.2) is 22.0 Å². The average Bonchev–Trinajstić information content (AvgIpc) is 2.35. The second kappa shape index (κ2) is 5.88.